The fraction of sp³-hybridized carbons (Fsp3) is 0.0833. The molecule has 1 heterocycles. The van der Waals surface area contributed by atoms with Gasteiger partial charge in [0.2, 0.25) is 0 Å². The molecule has 4 rings (SSSR count). The molecule has 0 saturated carbocycles. The van der Waals surface area contributed by atoms with Crippen LogP contribution in [0.4, 0.5) is 16.2 Å². The van der Waals surface area contributed by atoms with Crippen LogP contribution >= 0.6 is 0 Å². The number of anilines is 2. The zero-order valence-corrected chi connectivity index (χ0v) is 16.3. The number of aryl methyl sites for hydroxylation is 1. The first-order chi connectivity index (χ1) is 14.1. The van der Waals surface area contributed by atoms with Gasteiger partial charge in [0, 0.05) is 28.4 Å². The highest BCUT2D eigenvalue weighted by Crippen LogP contribution is 2.31. The largest absolute Gasteiger partial charge is 0.496 e. The van der Waals surface area contributed by atoms with Gasteiger partial charge in [0.25, 0.3) is 0 Å². The Hall–Kier alpha value is -3.86. The molecule has 4 aromatic rings. The minimum Gasteiger partial charge on any atom is -0.496 e. The van der Waals surface area contributed by atoms with Crippen molar-refractivity contribution in [1.29, 1.82) is 0 Å². The van der Waals surface area contributed by atoms with Crippen molar-refractivity contribution >= 4 is 28.3 Å². The number of carbonyl (C=O) groups is 1. The van der Waals surface area contributed by atoms with E-state index in [1.165, 1.54) is 0 Å². The van der Waals surface area contributed by atoms with Gasteiger partial charge in [-0.3, -0.25) is 0 Å². The van der Waals surface area contributed by atoms with E-state index in [9.17, 15) is 4.79 Å². The Morgan fingerprint density at radius 3 is 2.34 bits per heavy atom. The second-order valence-corrected chi connectivity index (χ2v) is 6.76. The fourth-order valence-electron chi connectivity index (χ4n) is 3.21. The topological polar surface area (TPSA) is 63.2 Å². The van der Waals surface area contributed by atoms with E-state index in [-0.39, 0.29) is 6.03 Å². The molecule has 0 unspecified atom stereocenters. The molecule has 0 aliphatic carbocycles. The predicted octanol–water partition coefficient (Wildman–Crippen LogP) is 5.86. The maximum absolute atomic E-state index is 12.4. The van der Waals surface area contributed by atoms with Crippen LogP contribution in [0.5, 0.6) is 5.75 Å². The first kappa shape index (κ1) is 18.5. The van der Waals surface area contributed by atoms with Gasteiger partial charge in [-0.05, 0) is 42.8 Å². The number of hydrogen-bond donors (Lipinski definition) is 2. The molecule has 0 bridgehead atoms. The number of carbonyl (C=O) groups excluding carboxylic acids is 1. The Morgan fingerprint density at radius 2 is 1.62 bits per heavy atom. The van der Waals surface area contributed by atoms with Crippen LogP contribution in [0.3, 0.4) is 0 Å². The molecule has 1 aromatic heterocycles. The normalized spacial score (nSPS) is 10.6. The summed E-state index contributed by atoms with van der Waals surface area (Å²) in [6.45, 7) is 1.98. The SMILES string of the molecule is COc1cc(-c2ccccc2)nc2ccc(NC(=O)Nc3cccc(C)c3)cc12. The number of aromatic nitrogens is 1. The predicted molar refractivity (Wildman–Crippen MR) is 118 cm³/mol. The maximum atomic E-state index is 12.4. The van der Waals surface area contributed by atoms with E-state index in [4.69, 9.17) is 9.72 Å². The van der Waals surface area contributed by atoms with E-state index in [0.29, 0.717) is 11.4 Å². The van der Waals surface area contributed by atoms with E-state index < -0.39 is 0 Å². The van der Waals surface area contributed by atoms with E-state index in [1.807, 2.05) is 85.8 Å². The monoisotopic (exact) mass is 383 g/mol. The number of nitrogens with zero attached hydrogens (tertiary/aromatic N) is 1. The minimum absolute atomic E-state index is 0.303. The van der Waals surface area contributed by atoms with Crippen molar-refractivity contribution in [3.05, 3.63) is 84.4 Å². The first-order valence-electron chi connectivity index (χ1n) is 9.31. The highest BCUT2D eigenvalue weighted by molar-refractivity contribution is 6.01. The lowest BCUT2D eigenvalue weighted by atomic mass is 10.1. The molecule has 5 heteroatoms. The van der Waals surface area contributed by atoms with Crippen LogP contribution in [0.1, 0.15) is 5.56 Å². The third kappa shape index (κ3) is 4.19. The molecular weight excluding hydrogens is 362 g/mol. The third-order valence-electron chi connectivity index (χ3n) is 4.59. The number of pyridine rings is 1. The molecule has 0 aliphatic rings. The number of fused-ring (bicyclic) bond motifs is 1. The fourth-order valence-corrected chi connectivity index (χ4v) is 3.21. The number of ether oxygens (including phenoxy) is 1. The number of rotatable bonds is 4. The van der Waals surface area contributed by atoms with Crippen LogP contribution in [0.25, 0.3) is 22.2 Å². The number of nitrogens with one attached hydrogen (secondary N) is 2. The lowest BCUT2D eigenvalue weighted by Gasteiger charge is -2.12. The van der Waals surface area contributed by atoms with Crippen LogP contribution in [-0.2, 0) is 0 Å². The van der Waals surface area contributed by atoms with Crippen molar-refractivity contribution in [3.8, 4) is 17.0 Å². The number of amides is 2. The van der Waals surface area contributed by atoms with Gasteiger partial charge < -0.3 is 15.4 Å². The molecule has 144 valence electrons. The van der Waals surface area contributed by atoms with Crippen molar-refractivity contribution in [2.75, 3.05) is 17.7 Å². The average molecular weight is 383 g/mol. The van der Waals surface area contributed by atoms with Gasteiger partial charge in [0.05, 0.1) is 18.3 Å². The molecule has 0 spiro atoms. The lowest BCUT2D eigenvalue weighted by molar-refractivity contribution is 0.262. The van der Waals surface area contributed by atoms with Gasteiger partial charge in [-0.25, -0.2) is 9.78 Å². The molecular formula is C24H21N3O2. The summed E-state index contributed by atoms with van der Waals surface area (Å²) in [6.07, 6.45) is 0. The van der Waals surface area contributed by atoms with Gasteiger partial charge in [-0.2, -0.15) is 0 Å². The van der Waals surface area contributed by atoms with E-state index in [0.717, 1.165) is 33.4 Å². The lowest BCUT2D eigenvalue weighted by Crippen LogP contribution is -2.19. The zero-order chi connectivity index (χ0) is 20.2. The molecule has 0 fully saturated rings. The number of methoxy groups -OCH3 is 1. The highest BCUT2D eigenvalue weighted by atomic mass is 16.5. The zero-order valence-electron chi connectivity index (χ0n) is 16.3. The summed E-state index contributed by atoms with van der Waals surface area (Å²) in [5.74, 6) is 0.705. The average Bonchev–Trinajstić information content (AvgIpc) is 2.73. The summed E-state index contributed by atoms with van der Waals surface area (Å²) in [6, 6.07) is 24.8. The van der Waals surface area contributed by atoms with E-state index in [1.54, 1.807) is 7.11 Å². The highest BCUT2D eigenvalue weighted by Gasteiger charge is 2.10. The minimum atomic E-state index is -0.303. The second kappa shape index (κ2) is 8.02. The van der Waals surface area contributed by atoms with E-state index in [2.05, 4.69) is 10.6 Å². The van der Waals surface area contributed by atoms with Crippen molar-refractivity contribution < 1.29 is 9.53 Å². The summed E-state index contributed by atoms with van der Waals surface area (Å²) >= 11 is 0. The molecule has 3 aromatic carbocycles. The smallest absolute Gasteiger partial charge is 0.323 e. The van der Waals surface area contributed by atoms with Crippen LogP contribution in [-0.4, -0.2) is 18.1 Å². The van der Waals surface area contributed by atoms with Gasteiger partial charge in [0.1, 0.15) is 5.75 Å². The number of hydrogen-bond acceptors (Lipinski definition) is 3. The Labute approximate surface area is 169 Å². The van der Waals surface area contributed by atoms with Crippen LogP contribution < -0.4 is 15.4 Å². The molecule has 0 aliphatic heterocycles. The Bertz CT molecular complexity index is 1170. The molecule has 2 amide bonds. The summed E-state index contributed by atoms with van der Waals surface area (Å²) in [5.41, 5.74) is 5.15. The second-order valence-electron chi connectivity index (χ2n) is 6.76. The molecule has 29 heavy (non-hydrogen) atoms. The summed E-state index contributed by atoms with van der Waals surface area (Å²) in [7, 11) is 1.63. The standard InChI is InChI=1S/C24H21N3O2/c1-16-7-6-10-18(13-16)25-24(28)26-19-11-12-21-20(14-19)23(29-2)15-22(27-21)17-8-4-3-5-9-17/h3-15H,1-2H3,(H2,25,26,28). The van der Waals surface area contributed by atoms with Crippen molar-refractivity contribution in [2.24, 2.45) is 0 Å². The molecule has 0 saturated heterocycles. The first-order valence-corrected chi connectivity index (χ1v) is 9.31. The molecule has 0 atom stereocenters. The van der Waals surface area contributed by atoms with Crippen molar-refractivity contribution in [1.82, 2.24) is 4.98 Å². The number of urea groups is 1. The van der Waals surface area contributed by atoms with Crippen LogP contribution in [0.15, 0.2) is 78.9 Å². The van der Waals surface area contributed by atoms with Gasteiger partial charge in [-0.1, -0.05) is 42.5 Å². The van der Waals surface area contributed by atoms with Crippen molar-refractivity contribution in [2.45, 2.75) is 6.92 Å². The van der Waals surface area contributed by atoms with Gasteiger partial charge in [-0.15, -0.1) is 0 Å². The summed E-state index contributed by atoms with van der Waals surface area (Å²) in [5, 5.41) is 6.54. The quantitative estimate of drug-likeness (QED) is 0.464. The molecule has 0 radical (unpaired) electrons. The van der Waals surface area contributed by atoms with Gasteiger partial charge in [0.15, 0.2) is 0 Å². The summed E-state index contributed by atoms with van der Waals surface area (Å²) < 4.78 is 5.59. The Morgan fingerprint density at radius 1 is 0.862 bits per heavy atom. The van der Waals surface area contributed by atoms with E-state index >= 15 is 0 Å². The van der Waals surface area contributed by atoms with Gasteiger partial charge >= 0.3 is 6.03 Å². The van der Waals surface area contributed by atoms with Crippen molar-refractivity contribution in [3.63, 3.8) is 0 Å². The van der Waals surface area contributed by atoms with Crippen LogP contribution in [0.2, 0.25) is 0 Å². The van der Waals surface area contributed by atoms with Crippen LogP contribution in [0, 0.1) is 6.92 Å². The number of benzene rings is 3. The Kier molecular flexibility index (Phi) is 5.12. The third-order valence-corrected chi connectivity index (χ3v) is 4.59. The Balaban J connectivity index is 1.61. The maximum Gasteiger partial charge on any atom is 0.323 e. The summed E-state index contributed by atoms with van der Waals surface area (Å²) in [4.78, 5) is 17.1. The molecule has 2 N–H and O–H groups in total. The molecule has 5 nitrogen and oxygen atoms in total.